The molecule has 1 N–H and O–H groups in total. The van der Waals surface area contributed by atoms with Crippen LogP contribution in [0.2, 0.25) is 0 Å². The van der Waals surface area contributed by atoms with Crippen LogP contribution in [0.5, 0.6) is 0 Å². The highest BCUT2D eigenvalue weighted by Crippen LogP contribution is 2.41. The highest BCUT2D eigenvalue weighted by atomic mass is 32.1. The highest BCUT2D eigenvalue weighted by Gasteiger charge is 2.31. The Balaban J connectivity index is 2.44. The van der Waals surface area contributed by atoms with Crippen molar-refractivity contribution in [3.8, 4) is 0 Å². The van der Waals surface area contributed by atoms with E-state index in [0.29, 0.717) is 11.8 Å². The minimum absolute atomic E-state index is 0.107. The van der Waals surface area contributed by atoms with Gasteiger partial charge in [-0.05, 0) is 54.8 Å². The fraction of sp³-hybridized carbons (Fsp3) is 0.529. The maximum atomic E-state index is 12.9. The maximum absolute atomic E-state index is 12.9. The fourth-order valence-electron chi connectivity index (χ4n) is 2.82. The molecule has 0 radical (unpaired) electrons. The van der Waals surface area contributed by atoms with Crippen molar-refractivity contribution in [3.63, 3.8) is 0 Å². The first-order chi connectivity index (χ1) is 10.4. The van der Waals surface area contributed by atoms with E-state index in [1.165, 1.54) is 6.07 Å². The van der Waals surface area contributed by atoms with Crippen LogP contribution in [-0.4, -0.2) is 11.7 Å². The SMILES string of the molecule is CCCCC(CCO)c1sc2ccc(C(F)(F)F)cc2c1C. The van der Waals surface area contributed by atoms with Gasteiger partial charge in [-0.1, -0.05) is 19.8 Å². The zero-order valence-corrected chi connectivity index (χ0v) is 13.7. The number of hydrogen-bond acceptors (Lipinski definition) is 2. The Morgan fingerprint density at radius 3 is 2.55 bits per heavy atom. The van der Waals surface area contributed by atoms with Crippen molar-refractivity contribution in [2.24, 2.45) is 0 Å². The molecule has 0 bridgehead atoms. The molecule has 0 aliphatic carbocycles. The lowest BCUT2D eigenvalue weighted by molar-refractivity contribution is -0.137. The molecule has 0 aliphatic heterocycles. The van der Waals surface area contributed by atoms with Gasteiger partial charge in [0.05, 0.1) is 5.56 Å². The molecule has 0 fully saturated rings. The van der Waals surface area contributed by atoms with Gasteiger partial charge in [-0.2, -0.15) is 13.2 Å². The van der Waals surface area contributed by atoms with Crippen molar-refractivity contribution in [2.75, 3.05) is 6.61 Å². The van der Waals surface area contributed by atoms with Gasteiger partial charge >= 0.3 is 6.18 Å². The largest absolute Gasteiger partial charge is 0.416 e. The Labute approximate surface area is 132 Å². The summed E-state index contributed by atoms with van der Waals surface area (Å²) >= 11 is 1.56. The number of rotatable bonds is 6. The highest BCUT2D eigenvalue weighted by molar-refractivity contribution is 7.19. The number of aryl methyl sites for hydroxylation is 1. The van der Waals surface area contributed by atoms with E-state index in [1.54, 1.807) is 17.4 Å². The van der Waals surface area contributed by atoms with Crippen LogP contribution in [0.15, 0.2) is 18.2 Å². The van der Waals surface area contributed by atoms with Gasteiger partial charge in [-0.3, -0.25) is 0 Å². The number of benzene rings is 1. The minimum atomic E-state index is -4.31. The first-order valence-corrected chi connectivity index (χ1v) is 8.41. The van der Waals surface area contributed by atoms with Gasteiger partial charge in [0.1, 0.15) is 0 Å². The van der Waals surface area contributed by atoms with Crippen molar-refractivity contribution in [1.29, 1.82) is 0 Å². The molecule has 2 rings (SSSR count). The summed E-state index contributed by atoms with van der Waals surface area (Å²) in [6.45, 7) is 4.11. The number of aliphatic hydroxyl groups excluding tert-OH is 1. The van der Waals surface area contributed by atoms with Crippen LogP contribution in [0, 0.1) is 6.92 Å². The van der Waals surface area contributed by atoms with E-state index in [0.717, 1.165) is 40.5 Å². The van der Waals surface area contributed by atoms with Gasteiger partial charge in [0, 0.05) is 16.2 Å². The smallest absolute Gasteiger partial charge is 0.396 e. The molecule has 0 saturated heterocycles. The quantitative estimate of drug-likeness (QED) is 0.700. The first-order valence-electron chi connectivity index (χ1n) is 7.59. The number of thiophene rings is 1. The number of fused-ring (bicyclic) bond motifs is 1. The summed E-state index contributed by atoms with van der Waals surface area (Å²) in [6.07, 6.45) is -0.539. The monoisotopic (exact) mass is 330 g/mol. The van der Waals surface area contributed by atoms with E-state index in [4.69, 9.17) is 0 Å². The average Bonchev–Trinajstić information content (AvgIpc) is 2.79. The fourth-order valence-corrected chi connectivity index (χ4v) is 4.18. The predicted octanol–water partition coefficient (Wildman–Crippen LogP) is 5.88. The number of alkyl halides is 3. The van der Waals surface area contributed by atoms with E-state index in [1.807, 2.05) is 6.92 Å². The van der Waals surface area contributed by atoms with E-state index >= 15 is 0 Å². The Morgan fingerprint density at radius 1 is 1.23 bits per heavy atom. The topological polar surface area (TPSA) is 20.2 Å². The number of unbranched alkanes of at least 4 members (excludes halogenated alkanes) is 1. The van der Waals surface area contributed by atoms with Crippen molar-refractivity contribution >= 4 is 21.4 Å². The lowest BCUT2D eigenvalue weighted by atomic mass is 9.94. The average molecular weight is 330 g/mol. The van der Waals surface area contributed by atoms with Crippen molar-refractivity contribution in [3.05, 3.63) is 34.2 Å². The van der Waals surface area contributed by atoms with Crippen molar-refractivity contribution in [1.82, 2.24) is 0 Å². The number of aliphatic hydroxyl groups is 1. The van der Waals surface area contributed by atoms with Crippen LogP contribution in [0.3, 0.4) is 0 Å². The van der Waals surface area contributed by atoms with Crippen LogP contribution >= 0.6 is 11.3 Å². The first kappa shape index (κ1) is 17.3. The predicted molar refractivity (Wildman–Crippen MR) is 85.5 cm³/mol. The summed E-state index contributed by atoms with van der Waals surface area (Å²) in [6, 6.07) is 3.96. The molecule has 1 aromatic carbocycles. The Morgan fingerprint density at radius 2 is 1.95 bits per heavy atom. The lowest BCUT2D eigenvalue weighted by Crippen LogP contribution is -2.04. The van der Waals surface area contributed by atoms with E-state index < -0.39 is 11.7 Å². The van der Waals surface area contributed by atoms with Crippen molar-refractivity contribution < 1.29 is 18.3 Å². The van der Waals surface area contributed by atoms with E-state index in [9.17, 15) is 18.3 Å². The Hall–Kier alpha value is -1.07. The molecular formula is C17H21F3OS. The molecular weight excluding hydrogens is 309 g/mol. The number of halogens is 3. The van der Waals surface area contributed by atoms with Gasteiger partial charge in [-0.25, -0.2) is 0 Å². The van der Waals surface area contributed by atoms with Gasteiger partial charge in [0.25, 0.3) is 0 Å². The minimum Gasteiger partial charge on any atom is -0.396 e. The summed E-state index contributed by atoms with van der Waals surface area (Å²) in [5.41, 5.74) is 0.334. The molecule has 1 unspecified atom stereocenters. The van der Waals surface area contributed by atoms with Gasteiger partial charge in [-0.15, -0.1) is 11.3 Å². The zero-order chi connectivity index (χ0) is 16.3. The molecule has 0 amide bonds. The van der Waals surface area contributed by atoms with E-state index in [2.05, 4.69) is 6.92 Å². The molecule has 1 nitrogen and oxygen atoms in total. The summed E-state index contributed by atoms with van der Waals surface area (Å²) in [7, 11) is 0. The lowest BCUT2D eigenvalue weighted by Gasteiger charge is -2.15. The summed E-state index contributed by atoms with van der Waals surface area (Å²) in [4.78, 5) is 1.12. The van der Waals surface area contributed by atoms with Crippen LogP contribution < -0.4 is 0 Å². The molecule has 0 saturated carbocycles. The normalized spacial score (nSPS) is 13.7. The molecule has 0 spiro atoms. The van der Waals surface area contributed by atoms with Gasteiger partial charge in [0.15, 0.2) is 0 Å². The number of hydrogen-bond donors (Lipinski definition) is 1. The maximum Gasteiger partial charge on any atom is 0.416 e. The second kappa shape index (κ2) is 7.01. The third-order valence-electron chi connectivity index (χ3n) is 4.05. The zero-order valence-electron chi connectivity index (χ0n) is 12.8. The molecule has 122 valence electrons. The second-order valence-corrected chi connectivity index (χ2v) is 6.74. The van der Waals surface area contributed by atoms with Crippen LogP contribution in [-0.2, 0) is 6.18 Å². The van der Waals surface area contributed by atoms with Gasteiger partial charge < -0.3 is 5.11 Å². The molecule has 5 heteroatoms. The van der Waals surface area contributed by atoms with Gasteiger partial charge in [0.2, 0.25) is 0 Å². The second-order valence-electron chi connectivity index (χ2n) is 5.65. The van der Waals surface area contributed by atoms with Crippen molar-refractivity contribution in [2.45, 2.75) is 51.6 Å². The summed E-state index contributed by atoms with van der Waals surface area (Å²) in [5, 5.41) is 9.96. The Kier molecular flexibility index (Phi) is 5.50. The standard InChI is InChI=1S/C17H21F3OS/c1-3-4-5-12(8-9-21)16-11(2)14-10-13(17(18,19)20)6-7-15(14)22-16/h6-7,10,12,21H,3-5,8-9H2,1-2H3. The molecule has 0 aliphatic rings. The van der Waals surface area contributed by atoms with Crippen LogP contribution in [0.4, 0.5) is 13.2 Å². The summed E-state index contributed by atoms with van der Waals surface area (Å²) in [5.74, 6) is 0.233. The molecule has 22 heavy (non-hydrogen) atoms. The molecule has 1 atom stereocenters. The van der Waals surface area contributed by atoms with E-state index in [-0.39, 0.29) is 12.5 Å². The Bertz CT molecular complexity index is 631. The molecule has 1 heterocycles. The van der Waals surface area contributed by atoms with Crippen LogP contribution in [0.25, 0.3) is 10.1 Å². The third-order valence-corrected chi connectivity index (χ3v) is 5.49. The molecule has 2 aromatic rings. The molecule has 1 aromatic heterocycles. The van der Waals surface area contributed by atoms with Crippen LogP contribution in [0.1, 0.15) is 54.5 Å². The third kappa shape index (κ3) is 3.63. The summed E-state index contributed by atoms with van der Waals surface area (Å²) < 4.78 is 39.5.